The lowest BCUT2D eigenvalue weighted by atomic mass is 10.2. The van der Waals surface area contributed by atoms with Crippen LogP contribution in [0.5, 0.6) is 0 Å². The highest BCUT2D eigenvalue weighted by atomic mass is 32.1. The molecule has 0 saturated carbocycles. The van der Waals surface area contributed by atoms with E-state index < -0.39 is 0 Å². The van der Waals surface area contributed by atoms with E-state index in [1.165, 1.54) is 11.3 Å². The van der Waals surface area contributed by atoms with Crippen LogP contribution >= 0.6 is 11.3 Å². The van der Waals surface area contributed by atoms with Crippen molar-refractivity contribution in [3.8, 4) is 0 Å². The first-order chi connectivity index (χ1) is 8.24. The summed E-state index contributed by atoms with van der Waals surface area (Å²) in [6.45, 7) is 2.35. The van der Waals surface area contributed by atoms with E-state index >= 15 is 0 Å². The third kappa shape index (κ3) is 2.51. The molecular weight excluding hydrogens is 238 g/mol. The van der Waals surface area contributed by atoms with Crippen molar-refractivity contribution in [2.75, 3.05) is 5.32 Å². The maximum absolute atomic E-state index is 11.9. The van der Waals surface area contributed by atoms with Gasteiger partial charge in [-0.2, -0.15) is 5.10 Å². The molecule has 1 amide bonds. The molecule has 0 aliphatic carbocycles. The molecule has 0 aliphatic rings. The molecule has 2 rings (SSSR count). The Bertz CT molecular complexity index is 518. The van der Waals surface area contributed by atoms with Gasteiger partial charge in [0.25, 0.3) is 5.91 Å². The summed E-state index contributed by atoms with van der Waals surface area (Å²) in [6.07, 6.45) is 2.50. The lowest BCUT2D eigenvalue weighted by molar-refractivity contribution is 0.102. The number of carbonyl (C=O) groups excluding carboxylic acids is 1. The van der Waals surface area contributed by atoms with Gasteiger partial charge in [-0.15, -0.1) is 11.3 Å². The first kappa shape index (κ1) is 11.7. The molecular formula is C10H13N5OS. The number of H-pyrrole nitrogens is 1. The van der Waals surface area contributed by atoms with Crippen LogP contribution in [-0.4, -0.2) is 21.1 Å². The second kappa shape index (κ2) is 5.07. The Balaban J connectivity index is 2.11. The number of nitrogens with zero attached hydrogens (tertiary/aromatic N) is 2. The van der Waals surface area contributed by atoms with Crippen molar-refractivity contribution in [1.29, 1.82) is 0 Å². The number of aromatic nitrogens is 3. The molecule has 7 heteroatoms. The normalized spacial score (nSPS) is 10.5. The van der Waals surface area contributed by atoms with Gasteiger partial charge >= 0.3 is 0 Å². The summed E-state index contributed by atoms with van der Waals surface area (Å²) in [4.78, 5) is 16.0. The van der Waals surface area contributed by atoms with Gasteiger partial charge < -0.3 is 11.1 Å². The summed E-state index contributed by atoms with van der Waals surface area (Å²) in [5.74, 6) is 0.375. The standard InChI is InChI=1S/C10H13N5OS/c1-2-6-4-12-15-9(6)14-10(16)7-5-17-8(3-11)13-7/h4-5H,2-3,11H2,1H3,(H2,12,14,15,16). The van der Waals surface area contributed by atoms with Crippen molar-refractivity contribution in [2.24, 2.45) is 5.73 Å². The van der Waals surface area contributed by atoms with Gasteiger partial charge in [-0.25, -0.2) is 4.98 Å². The van der Waals surface area contributed by atoms with Gasteiger partial charge in [0.2, 0.25) is 0 Å². The van der Waals surface area contributed by atoms with Crippen molar-refractivity contribution in [3.63, 3.8) is 0 Å². The van der Waals surface area contributed by atoms with Gasteiger partial charge in [0, 0.05) is 17.5 Å². The smallest absolute Gasteiger partial charge is 0.276 e. The van der Waals surface area contributed by atoms with Gasteiger partial charge in [0.05, 0.1) is 6.20 Å². The minimum atomic E-state index is -0.250. The van der Waals surface area contributed by atoms with Crippen LogP contribution in [0.4, 0.5) is 5.82 Å². The van der Waals surface area contributed by atoms with Crippen LogP contribution in [-0.2, 0) is 13.0 Å². The molecule has 2 aromatic heterocycles. The fraction of sp³-hybridized carbons (Fsp3) is 0.300. The molecule has 0 spiro atoms. The van der Waals surface area contributed by atoms with Crippen LogP contribution in [0.3, 0.4) is 0 Å². The van der Waals surface area contributed by atoms with E-state index in [0.29, 0.717) is 18.1 Å². The molecule has 0 aliphatic heterocycles. The SMILES string of the molecule is CCc1cn[nH]c1NC(=O)c1csc(CN)n1. The molecule has 4 N–H and O–H groups in total. The fourth-order valence-corrected chi connectivity index (χ4v) is 2.03. The second-order valence-corrected chi connectivity index (χ2v) is 4.35. The van der Waals surface area contributed by atoms with Crippen molar-refractivity contribution >= 4 is 23.1 Å². The first-order valence-corrected chi connectivity index (χ1v) is 6.10. The summed E-state index contributed by atoms with van der Waals surface area (Å²) >= 11 is 1.38. The molecule has 6 nitrogen and oxygen atoms in total. The maximum Gasteiger partial charge on any atom is 0.276 e. The van der Waals surface area contributed by atoms with Crippen molar-refractivity contribution in [3.05, 3.63) is 27.8 Å². The Hall–Kier alpha value is -1.73. The Morgan fingerprint density at radius 2 is 2.47 bits per heavy atom. The minimum Gasteiger partial charge on any atom is -0.325 e. The van der Waals surface area contributed by atoms with Crippen LogP contribution in [0.25, 0.3) is 0 Å². The molecule has 0 fully saturated rings. The van der Waals surface area contributed by atoms with Crippen LogP contribution in [0.2, 0.25) is 0 Å². The van der Waals surface area contributed by atoms with Gasteiger partial charge in [-0.3, -0.25) is 9.89 Å². The third-order valence-corrected chi connectivity index (χ3v) is 3.17. The van der Waals surface area contributed by atoms with E-state index in [2.05, 4.69) is 20.5 Å². The topological polar surface area (TPSA) is 96.7 Å². The summed E-state index contributed by atoms with van der Waals surface area (Å²) in [5, 5.41) is 11.8. The first-order valence-electron chi connectivity index (χ1n) is 5.22. The predicted octanol–water partition coefficient (Wildman–Crippen LogP) is 1.14. The maximum atomic E-state index is 11.9. The van der Waals surface area contributed by atoms with Gasteiger partial charge in [-0.05, 0) is 6.42 Å². The number of nitrogens with one attached hydrogen (secondary N) is 2. The zero-order chi connectivity index (χ0) is 12.3. The second-order valence-electron chi connectivity index (χ2n) is 3.41. The Morgan fingerprint density at radius 3 is 3.12 bits per heavy atom. The zero-order valence-electron chi connectivity index (χ0n) is 9.36. The van der Waals surface area contributed by atoms with Crippen molar-refractivity contribution in [2.45, 2.75) is 19.9 Å². The molecule has 0 bridgehead atoms. The van der Waals surface area contributed by atoms with Crippen molar-refractivity contribution < 1.29 is 4.79 Å². The van der Waals surface area contributed by atoms with E-state index in [1.807, 2.05) is 6.92 Å². The highest BCUT2D eigenvalue weighted by molar-refractivity contribution is 7.09. The minimum absolute atomic E-state index is 0.250. The van der Waals surface area contributed by atoms with Crippen LogP contribution in [0.15, 0.2) is 11.6 Å². The number of aromatic amines is 1. The molecule has 0 atom stereocenters. The number of rotatable bonds is 4. The number of nitrogens with two attached hydrogens (primary N) is 1. The van der Waals surface area contributed by atoms with Crippen LogP contribution < -0.4 is 11.1 Å². The third-order valence-electron chi connectivity index (χ3n) is 2.30. The molecule has 0 radical (unpaired) electrons. The Morgan fingerprint density at radius 1 is 1.65 bits per heavy atom. The Kier molecular flexibility index (Phi) is 3.50. The van der Waals surface area contributed by atoms with E-state index in [0.717, 1.165) is 17.0 Å². The van der Waals surface area contributed by atoms with Gasteiger partial charge in [0.1, 0.15) is 16.5 Å². The molecule has 2 aromatic rings. The van der Waals surface area contributed by atoms with Crippen molar-refractivity contribution in [1.82, 2.24) is 15.2 Å². The lowest BCUT2D eigenvalue weighted by Crippen LogP contribution is -2.14. The molecule has 0 unspecified atom stereocenters. The van der Waals surface area contributed by atoms with E-state index in [4.69, 9.17) is 5.73 Å². The molecule has 0 saturated heterocycles. The lowest BCUT2D eigenvalue weighted by Gasteiger charge is -2.01. The number of carbonyl (C=O) groups is 1. The summed E-state index contributed by atoms with van der Waals surface area (Å²) < 4.78 is 0. The number of hydrogen-bond acceptors (Lipinski definition) is 5. The number of aryl methyl sites for hydroxylation is 1. The van der Waals surface area contributed by atoms with Gasteiger partial charge in [0.15, 0.2) is 0 Å². The number of anilines is 1. The highest BCUT2D eigenvalue weighted by Crippen LogP contribution is 2.14. The summed E-state index contributed by atoms with van der Waals surface area (Å²) in [7, 11) is 0. The number of thiazole rings is 1. The molecule has 90 valence electrons. The predicted molar refractivity (Wildman–Crippen MR) is 65.9 cm³/mol. The molecule has 17 heavy (non-hydrogen) atoms. The fourth-order valence-electron chi connectivity index (χ4n) is 1.37. The van der Waals surface area contributed by atoms with Crippen LogP contribution in [0, 0.1) is 0 Å². The van der Waals surface area contributed by atoms with Gasteiger partial charge in [-0.1, -0.05) is 6.92 Å². The summed E-state index contributed by atoms with van der Waals surface area (Å²) in [5.41, 5.74) is 6.79. The van der Waals surface area contributed by atoms with E-state index in [1.54, 1.807) is 11.6 Å². The largest absolute Gasteiger partial charge is 0.325 e. The van der Waals surface area contributed by atoms with E-state index in [9.17, 15) is 4.79 Å². The van der Waals surface area contributed by atoms with Crippen LogP contribution in [0.1, 0.15) is 28.0 Å². The van der Waals surface area contributed by atoms with E-state index in [-0.39, 0.29) is 5.91 Å². The average molecular weight is 251 g/mol. The summed E-state index contributed by atoms with van der Waals surface area (Å²) in [6, 6.07) is 0. The zero-order valence-corrected chi connectivity index (χ0v) is 10.2. The monoisotopic (exact) mass is 251 g/mol. The average Bonchev–Trinajstić information content (AvgIpc) is 2.96. The Labute approximate surface area is 102 Å². The number of hydrogen-bond donors (Lipinski definition) is 3. The quantitative estimate of drug-likeness (QED) is 0.759. The number of amides is 1. The molecule has 2 heterocycles. The highest BCUT2D eigenvalue weighted by Gasteiger charge is 2.12. The molecule has 0 aromatic carbocycles.